The number of rotatable bonds is 0. The van der Waals surface area contributed by atoms with Gasteiger partial charge in [-0.25, -0.2) is 0 Å². The van der Waals surface area contributed by atoms with Gasteiger partial charge < -0.3 is 0 Å². The first-order valence-corrected chi connectivity index (χ1v) is 5.50. The van der Waals surface area contributed by atoms with Crippen LogP contribution in [0.1, 0.15) is 64.7 Å². The third-order valence-corrected chi connectivity index (χ3v) is 3.00. The zero-order valence-electron chi connectivity index (χ0n) is 8.44. The highest BCUT2D eigenvalue weighted by atomic mass is 14.2. The first-order chi connectivity index (χ1) is 5.71. The van der Waals surface area contributed by atoms with Crippen LogP contribution in [-0.4, -0.2) is 7.85 Å². The first-order valence-electron chi connectivity index (χ1n) is 5.50. The van der Waals surface area contributed by atoms with E-state index < -0.39 is 0 Å². The van der Waals surface area contributed by atoms with E-state index in [0.717, 1.165) is 0 Å². The summed E-state index contributed by atoms with van der Waals surface area (Å²) in [6.45, 7) is 2.22. The second kappa shape index (κ2) is 4.94. The van der Waals surface area contributed by atoms with E-state index in [9.17, 15) is 0 Å². The van der Waals surface area contributed by atoms with Crippen LogP contribution in [0.4, 0.5) is 0 Å². The van der Waals surface area contributed by atoms with Gasteiger partial charge in [-0.15, -0.1) is 0 Å². The van der Waals surface area contributed by atoms with Crippen LogP contribution in [0.2, 0.25) is 5.31 Å². The molecule has 0 atom stereocenters. The first kappa shape index (κ1) is 10.1. The van der Waals surface area contributed by atoms with Gasteiger partial charge in [-0.2, -0.15) is 0 Å². The van der Waals surface area contributed by atoms with Crippen molar-refractivity contribution in [3.63, 3.8) is 0 Å². The Bertz CT molecular complexity index is 106. The lowest BCUT2D eigenvalue weighted by Gasteiger charge is -2.26. The number of hydrogen-bond donors (Lipinski definition) is 0. The molecule has 2 radical (unpaired) electrons. The molecule has 68 valence electrons. The largest absolute Gasteiger partial charge is 0.0742 e. The molecular weight excluding hydrogens is 143 g/mol. The molecule has 1 aliphatic rings. The van der Waals surface area contributed by atoms with Crippen LogP contribution in [0.5, 0.6) is 0 Å². The lowest BCUT2D eigenvalue weighted by atomic mass is 9.64. The van der Waals surface area contributed by atoms with Crippen molar-refractivity contribution in [2.24, 2.45) is 0 Å². The van der Waals surface area contributed by atoms with Gasteiger partial charge in [-0.3, -0.25) is 0 Å². The van der Waals surface area contributed by atoms with Crippen molar-refractivity contribution in [3.05, 3.63) is 0 Å². The second-order valence-electron chi connectivity index (χ2n) is 4.63. The molecule has 0 heterocycles. The van der Waals surface area contributed by atoms with Crippen molar-refractivity contribution in [1.82, 2.24) is 0 Å². The Labute approximate surface area is 78.5 Å². The monoisotopic (exact) mass is 164 g/mol. The van der Waals surface area contributed by atoms with E-state index in [2.05, 4.69) is 6.92 Å². The standard InChI is InChI=1S/C11H21B/c1-11(12)9-7-5-3-2-4-6-8-10-11/h2-10H2,1H3. The summed E-state index contributed by atoms with van der Waals surface area (Å²) >= 11 is 0. The van der Waals surface area contributed by atoms with E-state index in [1.165, 1.54) is 57.8 Å². The van der Waals surface area contributed by atoms with Crippen molar-refractivity contribution in [3.8, 4) is 0 Å². The minimum Gasteiger partial charge on any atom is -0.0688 e. The summed E-state index contributed by atoms with van der Waals surface area (Å²) in [5, 5.41) is 0.136. The molecule has 1 heteroatoms. The molecule has 1 fully saturated rings. The average Bonchev–Trinajstić information content (AvgIpc) is 2.02. The molecule has 0 N–H and O–H groups in total. The minimum atomic E-state index is 0.136. The predicted octanol–water partition coefficient (Wildman–Crippen LogP) is 3.86. The van der Waals surface area contributed by atoms with Crippen LogP contribution in [0, 0.1) is 0 Å². The van der Waals surface area contributed by atoms with Gasteiger partial charge in [0.05, 0.1) is 7.85 Å². The molecule has 0 aliphatic heterocycles. The molecular formula is C11H21B. The Kier molecular flexibility index (Phi) is 4.18. The number of hydrogen-bond acceptors (Lipinski definition) is 0. The van der Waals surface area contributed by atoms with E-state index in [0.29, 0.717) is 0 Å². The zero-order chi connectivity index (χ0) is 8.86. The maximum Gasteiger partial charge on any atom is 0.0742 e. The third-order valence-electron chi connectivity index (χ3n) is 3.00. The Morgan fingerprint density at radius 3 is 1.50 bits per heavy atom. The highest BCUT2D eigenvalue weighted by Gasteiger charge is 2.16. The Morgan fingerprint density at radius 2 is 1.08 bits per heavy atom. The third kappa shape index (κ3) is 4.18. The van der Waals surface area contributed by atoms with E-state index >= 15 is 0 Å². The lowest BCUT2D eigenvalue weighted by Crippen LogP contribution is -2.08. The van der Waals surface area contributed by atoms with Crippen LogP contribution in [0.25, 0.3) is 0 Å². The molecule has 12 heavy (non-hydrogen) atoms. The van der Waals surface area contributed by atoms with Gasteiger partial charge >= 0.3 is 0 Å². The molecule has 1 aliphatic carbocycles. The van der Waals surface area contributed by atoms with Gasteiger partial charge in [-0.05, 0) is 0 Å². The van der Waals surface area contributed by atoms with Crippen molar-refractivity contribution in [1.29, 1.82) is 0 Å². The van der Waals surface area contributed by atoms with Crippen LogP contribution in [0.3, 0.4) is 0 Å². The molecule has 0 nitrogen and oxygen atoms in total. The molecule has 0 aromatic carbocycles. The smallest absolute Gasteiger partial charge is 0.0688 e. The molecule has 1 rings (SSSR count). The molecule has 0 amide bonds. The van der Waals surface area contributed by atoms with E-state index in [-0.39, 0.29) is 5.31 Å². The highest BCUT2D eigenvalue weighted by molar-refractivity contribution is 6.14. The maximum absolute atomic E-state index is 6.17. The van der Waals surface area contributed by atoms with Gasteiger partial charge in [0.15, 0.2) is 0 Å². The quantitative estimate of drug-likeness (QED) is 0.477. The van der Waals surface area contributed by atoms with Crippen LogP contribution >= 0.6 is 0 Å². The maximum atomic E-state index is 6.17. The minimum absolute atomic E-state index is 0.136. The summed E-state index contributed by atoms with van der Waals surface area (Å²) in [6.07, 6.45) is 12.2. The van der Waals surface area contributed by atoms with Gasteiger partial charge in [-0.1, -0.05) is 70.0 Å². The topological polar surface area (TPSA) is 0 Å². The summed E-state index contributed by atoms with van der Waals surface area (Å²) in [5.74, 6) is 0. The molecule has 0 aromatic heterocycles. The molecule has 0 spiro atoms. The predicted molar refractivity (Wildman–Crippen MR) is 55.7 cm³/mol. The summed E-state index contributed by atoms with van der Waals surface area (Å²) in [4.78, 5) is 0. The van der Waals surface area contributed by atoms with Gasteiger partial charge in [0, 0.05) is 0 Å². The summed E-state index contributed by atoms with van der Waals surface area (Å²) < 4.78 is 0. The fourth-order valence-corrected chi connectivity index (χ4v) is 2.07. The fourth-order valence-electron chi connectivity index (χ4n) is 2.07. The molecule has 0 bridgehead atoms. The SMILES string of the molecule is [B]C1(C)CCCCCCCCC1. The van der Waals surface area contributed by atoms with Crippen LogP contribution in [-0.2, 0) is 0 Å². The Hall–Kier alpha value is 0.0649. The van der Waals surface area contributed by atoms with Gasteiger partial charge in [0.25, 0.3) is 0 Å². The fraction of sp³-hybridized carbons (Fsp3) is 1.00. The second-order valence-corrected chi connectivity index (χ2v) is 4.63. The van der Waals surface area contributed by atoms with E-state index in [1.54, 1.807) is 0 Å². The van der Waals surface area contributed by atoms with Gasteiger partial charge in [0.2, 0.25) is 0 Å². The van der Waals surface area contributed by atoms with Crippen molar-refractivity contribution in [2.75, 3.05) is 0 Å². The lowest BCUT2D eigenvalue weighted by molar-refractivity contribution is 0.430. The van der Waals surface area contributed by atoms with Gasteiger partial charge in [0.1, 0.15) is 0 Å². The van der Waals surface area contributed by atoms with Crippen molar-refractivity contribution >= 4 is 7.85 Å². The average molecular weight is 164 g/mol. The molecule has 0 aromatic rings. The van der Waals surface area contributed by atoms with Crippen molar-refractivity contribution in [2.45, 2.75) is 70.0 Å². The molecule has 1 saturated carbocycles. The molecule has 0 unspecified atom stereocenters. The Balaban J connectivity index is 2.27. The summed E-state index contributed by atoms with van der Waals surface area (Å²) in [6, 6.07) is 0. The van der Waals surface area contributed by atoms with Crippen LogP contribution < -0.4 is 0 Å². The zero-order valence-corrected chi connectivity index (χ0v) is 8.44. The van der Waals surface area contributed by atoms with E-state index in [1.807, 2.05) is 0 Å². The molecule has 0 saturated heterocycles. The van der Waals surface area contributed by atoms with E-state index in [4.69, 9.17) is 7.85 Å². The summed E-state index contributed by atoms with van der Waals surface area (Å²) in [5.41, 5.74) is 0. The van der Waals surface area contributed by atoms with Crippen LogP contribution in [0.15, 0.2) is 0 Å². The Morgan fingerprint density at radius 1 is 0.750 bits per heavy atom. The highest BCUT2D eigenvalue weighted by Crippen LogP contribution is 2.35. The normalized spacial score (nSPS) is 26.4. The summed E-state index contributed by atoms with van der Waals surface area (Å²) in [7, 11) is 6.17. The van der Waals surface area contributed by atoms with Crippen molar-refractivity contribution < 1.29 is 0 Å².